The Kier molecular flexibility index (Phi) is 4.15. The fraction of sp³-hybridized carbons (Fsp3) is 0.312. The minimum atomic E-state index is -0.0769. The van der Waals surface area contributed by atoms with Gasteiger partial charge in [0.1, 0.15) is 11.9 Å². The smallest absolute Gasteiger partial charge is 0.258 e. The molecule has 0 N–H and O–H groups in total. The first-order valence-electron chi connectivity index (χ1n) is 6.98. The molecule has 0 atom stereocenters. The van der Waals surface area contributed by atoms with Crippen LogP contribution in [0.5, 0.6) is 5.75 Å². The SMILES string of the molecule is O=C(c1ccoc1Cl)N1CCC(Oc2ccccc2)CC1. The van der Waals surface area contributed by atoms with Crippen molar-refractivity contribution < 1.29 is 13.9 Å². The third-order valence-electron chi connectivity index (χ3n) is 3.62. The standard InChI is InChI=1S/C16H16ClNO3/c17-15-14(8-11-20-15)16(19)18-9-6-13(7-10-18)21-12-4-2-1-3-5-12/h1-5,8,11,13H,6-7,9-10H2. The van der Waals surface area contributed by atoms with Gasteiger partial charge in [-0.1, -0.05) is 18.2 Å². The van der Waals surface area contributed by atoms with Crippen molar-refractivity contribution in [1.29, 1.82) is 0 Å². The molecule has 0 radical (unpaired) electrons. The maximum atomic E-state index is 12.3. The summed E-state index contributed by atoms with van der Waals surface area (Å²) >= 11 is 5.85. The van der Waals surface area contributed by atoms with Crippen molar-refractivity contribution >= 4 is 17.5 Å². The van der Waals surface area contributed by atoms with Gasteiger partial charge in [-0.15, -0.1) is 0 Å². The van der Waals surface area contributed by atoms with Gasteiger partial charge in [0.05, 0.1) is 11.8 Å². The number of rotatable bonds is 3. The Morgan fingerprint density at radius 2 is 1.90 bits per heavy atom. The maximum Gasteiger partial charge on any atom is 0.258 e. The van der Waals surface area contributed by atoms with E-state index in [1.54, 1.807) is 11.0 Å². The van der Waals surface area contributed by atoms with Crippen LogP contribution in [0, 0.1) is 0 Å². The molecule has 1 aliphatic rings. The molecule has 3 rings (SSSR count). The first-order valence-corrected chi connectivity index (χ1v) is 7.36. The Morgan fingerprint density at radius 3 is 2.52 bits per heavy atom. The molecule has 0 aliphatic carbocycles. The summed E-state index contributed by atoms with van der Waals surface area (Å²) in [6, 6.07) is 11.4. The Morgan fingerprint density at radius 1 is 1.19 bits per heavy atom. The van der Waals surface area contributed by atoms with Gasteiger partial charge in [-0.3, -0.25) is 4.79 Å². The number of hydrogen-bond acceptors (Lipinski definition) is 3. The predicted octanol–water partition coefficient (Wildman–Crippen LogP) is 3.62. The molecule has 1 fully saturated rings. The molecule has 1 aromatic heterocycles. The Bertz CT molecular complexity index is 603. The van der Waals surface area contributed by atoms with Gasteiger partial charge in [0.25, 0.3) is 5.91 Å². The maximum absolute atomic E-state index is 12.3. The molecule has 21 heavy (non-hydrogen) atoms. The highest BCUT2D eigenvalue weighted by molar-refractivity contribution is 6.32. The van der Waals surface area contributed by atoms with E-state index in [9.17, 15) is 4.79 Å². The second-order valence-corrected chi connectivity index (χ2v) is 5.37. The van der Waals surface area contributed by atoms with E-state index in [1.165, 1.54) is 6.26 Å². The van der Waals surface area contributed by atoms with Crippen molar-refractivity contribution in [1.82, 2.24) is 4.90 Å². The number of piperidine rings is 1. The van der Waals surface area contributed by atoms with Crippen molar-refractivity contribution in [2.75, 3.05) is 13.1 Å². The van der Waals surface area contributed by atoms with Crippen molar-refractivity contribution in [3.8, 4) is 5.75 Å². The summed E-state index contributed by atoms with van der Waals surface area (Å²) in [7, 11) is 0. The van der Waals surface area contributed by atoms with E-state index in [-0.39, 0.29) is 17.2 Å². The van der Waals surface area contributed by atoms with E-state index < -0.39 is 0 Å². The number of ether oxygens (including phenoxy) is 1. The Labute approximate surface area is 128 Å². The lowest BCUT2D eigenvalue weighted by Gasteiger charge is -2.32. The molecule has 1 saturated heterocycles. The Hall–Kier alpha value is -1.94. The normalized spacial score (nSPS) is 16.0. The minimum absolute atomic E-state index is 0.0769. The van der Waals surface area contributed by atoms with E-state index in [0.29, 0.717) is 18.7 Å². The fourth-order valence-electron chi connectivity index (χ4n) is 2.48. The van der Waals surface area contributed by atoms with Gasteiger partial charge >= 0.3 is 0 Å². The fourth-order valence-corrected chi connectivity index (χ4v) is 2.68. The zero-order chi connectivity index (χ0) is 14.7. The van der Waals surface area contributed by atoms with E-state index in [2.05, 4.69) is 0 Å². The number of carbonyl (C=O) groups is 1. The number of para-hydroxylation sites is 1. The van der Waals surface area contributed by atoms with Gasteiger partial charge in [0.2, 0.25) is 5.22 Å². The molecule has 1 amide bonds. The summed E-state index contributed by atoms with van der Waals surface area (Å²) in [6.45, 7) is 1.33. The average molecular weight is 306 g/mol. The highest BCUT2D eigenvalue weighted by atomic mass is 35.5. The first-order chi connectivity index (χ1) is 10.2. The molecule has 1 aliphatic heterocycles. The number of furan rings is 1. The molecule has 0 bridgehead atoms. The first kappa shape index (κ1) is 14.0. The lowest BCUT2D eigenvalue weighted by Crippen LogP contribution is -2.41. The summed E-state index contributed by atoms with van der Waals surface area (Å²) in [5.41, 5.74) is 0.430. The minimum Gasteiger partial charge on any atom is -0.490 e. The summed E-state index contributed by atoms with van der Waals surface area (Å²) in [6.07, 6.45) is 3.21. The van der Waals surface area contributed by atoms with Gasteiger partial charge < -0.3 is 14.1 Å². The van der Waals surface area contributed by atoms with Crippen LogP contribution >= 0.6 is 11.6 Å². The van der Waals surface area contributed by atoms with Gasteiger partial charge in [0.15, 0.2) is 0 Å². The molecule has 0 spiro atoms. The van der Waals surface area contributed by atoms with Gasteiger partial charge in [-0.2, -0.15) is 0 Å². The van der Waals surface area contributed by atoms with Crippen LogP contribution in [-0.2, 0) is 0 Å². The van der Waals surface area contributed by atoms with Crippen molar-refractivity contribution in [2.45, 2.75) is 18.9 Å². The van der Waals surface area contributed by atoms with Crippen LogP contribution in [0.25, 0.3) is 0 Å². The molecule has 0 saturated carbocycles. The zero-order valence-electron chi connectivity index (χ0n) is 11.5. The van der Waals surface area contributed by atoms with Crippen molar-refractivity contribution in [3.05, 3.63) is 53.4 Å². The van der Waals surface area contributed by atoms with Crippen LogP contribution in [0.3, 0.4) is 0 Å². The average Bonchev–Trinajstić information content (AvgIpc) is 2.94. The number of amides is 1. The summed E-state index contributed by atoms with van der Waals surface area (Å²) in [5.74, 6) is 0.798. The molecule has 0 unspecified atom stereocenters. The van der Waals surface area contributed by atoms with Gasteiger partial charge in [-0.05, 0) is 29.8 Å². The third kappa shape index (κ3) is 3.22. The molecule has 5 heteroatoms. The molecular weight excluding hydrogens is 290 g/mol. The molecule has 110 valence electrons. The predicted molar refractivity (Wildman–Crippen MR) is 79.7 cm³/mol. The lowest BCUT2D eigenvalue weighted by atomic mass is 10.1. The van der Waals surface area contributed by atoms with E-state index in [0.717, 1.165) is 18.6 Å². The van der Waals surface area contributed by atoms with Gasteiger partial charge in [-0.25, -0.2) is 0 Å². The van der Waals surface area contributed by atoms with Gasteiger partial charge in [0, 0.05) is 25.9 Å². The summed E-state index contributed by atoms with van der Waals surface area (Å²) < 4.78 is 10.9. The van der Waals surface area contributed by atoms with Crippen molar-refractivity contribution in [3.63, 3.8) is 0 Å². The highest BCUT2D eigenvalue weighted by Crippen LogP contribution is 2.23. The third-order valence-corrected chi connectivity index (χ3v) is 3.92. The van der Waals surface area contributed by atoms with E-state index in [4.69, 9.17) is 20.8 Å². The van der Waals surface area contributed by atoms with Crippen LogP contribution in [0.2, 0.25) is 5.22 Å². The number of hydrogen-bond donors (Lipinski definition) is 0. The molecular formula is C16H16ClNO3. The molecule has 2 aromatic rings. The van der Waals surface area contributed by atoms with Crippen LogP contribution in [0.1, 0.15) is 23.2 Å². The molecule has 2 heterocycles. The highest BCUT2D eigenvalue weighted by Gasteiger charge is 2.26. The van der Waals surface area contributed by atoms with Crippen molar-refractivity contribution in [2.24, 2.45) is 0 Å². The number of likely N-dealkylation sites (tertiary alicyclic amines) is 1. The second kappa shape index (κ2) is 6.22. The molecule has 4 nitrogen and oxygen atoms in total. The Balaban J connectivity index is 1.56. The van der Waals surface area contributed by atoms with E-state index in [1.807, 2.05) is 30.3 Å². The number of benzene rings is 1. The lowest BCUT2D eigenvalue weighted by molar-refractivity contribution is 0.0595. The topological polar surface area (TPSA) is 42.7 Å². The zero-order valence-corrected chi connectivity index (χ0v) is 12.3. The largest absolute Gasteiger partial charge is 0.490 e. The quantitative estimate of drug-likeness (QED) is 0.870. The second-order valence-electron chi connectivity index (χ2n) is 5.03. The van der Waals surface area contributed by atoms with Crippen LogP contribution in [0.15, 0.2) is 47.1 Å². The number of nitrogens with zero attached hydrogens (tertiary/aromatic N) is 1. The van der Waals surface area contributed by atoms with Crippen LogP contribution < -0.4 is 4.74 Å². The van der Waals surface area contributed by atoms with E-state index >= 15 is 0 Å². The number of halogens is 1. The number of carbonyl (C=O) groups excluding carboxylic acids is 1. The molecule has 1 aromatic carbocycles. The monoisotopic (exact) mass is 305 g/mol. The van der Waals surface area contributed by atoms with Crippen LogP contribution in [-0.4, -0.2) is 30.0 Å². The van der Waals surface area contributed by atoms with Crippen LogP contribution in [0.4, 0.5) is 0 Å². The summed E-state index contributed by atoms with van der Waals surface area (Å²) in [4.78, 5) is 14.1. The summed E-state index contributed by atoms with van der Waals surface area (Å²) in [5, 5.41) is 0.155.